The van der Waals surface area contributed by atoms with Crippen LogP contribution in [0.1, 0.15) is 42.3 Å². The number of aryl methyl sites for hydroxylation is 1. The zero-order chi connectivity index (χ0) is 20.3. The van der Waals surface area contributed by atoms with Crippen molar-refractivity contribution >= 4 is 16.7 Å². The zero-order valence-corrected chi connectivity index (χ0v) is 17.1. The van der Waals surface area contributed by atoms with Gasteiger partial charge < -0.3 is 9.30 Å². The maximum Gasteiger partial charge on any atom is 0.208 e. The lowest BCUT2D eigenvalue weighted by molar-refractivity contribution is 0.104. The van der Waals surface area contributed by atoms with Crippen molar-refractivity contribution in [2.75, 3.05) is 0 Å². The lowest BCUT2D eigenvalue weighted by Gasteiger charge is -2.20. The maximum absolute atomic E-state index is 13.1. The molecule has 0 unspecified atom stereocenters. The van der Waals surface area contributed by atoms with Gasteiger partial charge in [-0.15, -0.1) is 0 Å². The Morgan fingerprint density at radius 1 is 0.793 bits per heavy atom. The highest BCUT2D eigenvalue weighted by Crippen LogP contribution is 2.47. The summed E-state index contributed by atoms with van der Waals surface area (Å²) in [6.07, 6.45) is 0. The SMILES string of the molecule is Cn1c(Oc2ccc(C(C)(C)C)cc2)c2c3c(cccc31)C(=O)c1ccccc1-2. The highest BCUT2D eigenvalue weighted by atomic mass is 16.5. The summed E-state index contributed by atoms with van der Waals surface area (Å²) in [7, 11) is 1.99. The minimum absolute atomic E-state index is 0.0744. The van der Waals surface area contributed by atoms with Gasteiger partial charge in [0.15, 0.2) is 5.78 Å². The molecule has 0 spiro atoms. The van der Waals surface area contributed by atoms with Gasteiger partial charge in [-0.1, -0.05) is 69.3 Å². The summed E-state index contributed by atoms with van der Waals surface area (Å²) < 4.78 is 8.46. The summed E-state index contributed by atoms with van der Waals surface area (Å²) in [6, 6.07) is 22.0. The number of nitrogens with zero attached hydrogens (tertiary/aromatic N) is 1. The van der Waals surface area contributed by atoms with Crippen molar-refractivity contribution in [2.24, 2.45) is 7.05 Å². The van der Waals surface area contributed by atoms with Crippen LogP contribution in [0.3, 0.4) is 0 Å². The number of fused-ring (bicyclic) bond motifs is 2. The summed E-state index contributed by atoms with van der Waals surface area (Å²) in [5, 5.41) is 0.972. The summed E-state index contributed by atoms with van der Waals surface area (Å²) >= 11 is 0. The first-order valence-electron chi connectivity index (χ1n) is 9.90. The predicted octanol–water partition coefficient (Wildman–Crippen LogP) is 6.48. The van der Waals surface area contributed by atoms with E-state index in [0.717, 1.165) is 44.8 Å². The Kier molecular flexibility index (Phi) is 3.72. The molecule has 0 atom stereocenters. The van der Waals surface area contributed by atoms with Crippen molar-refractivity contribution in [3.63, 3.8) is 0 Å². The van der Waals surface area contributed by atoms with Crippen molar-refractivity contribution in [1.82, 2.24) is 4.57 Å². The highest BCUT2D eigenvalue weighted by Gasteiger charge is 2.31. The van der Waals surface area contributed by atoms with Crippen molar-refractivity contribution in [3.05, 3.63) is 83.4 Å². The molecule has 0 aliphatic heterocycles. The van der Waals surface area contributed by atoms with Crippen molar-refractivity contribution in [1.29, 1.82) is 0 Å². The van der Waals surface area contributed by atoms with Crippen LogP contribution in [0.2, 0.25) is 0 Å². The molecule has 0 fully saturated rings. The smallest absolute Gasteiger partial charge is 0.208 e. The fourth-order valence-corrected chi connectivity index (χ4v) is 4.20. The number of hydrogen-bond acceptors (Lipinski definition) is 2. The number of benzene rings is 3. The lowest BCUT2D eigenvalue weighted by Crippen LogP contribution is -2.10. The van der Waals surface area contributed by atoms with E-state index < -0.39 is 0 Å². The van der Waals surface area contributed by atoms with Gasteiger partial charge in [0.05, 0.1) is 11.1 Å². The van der Waals surface area contributed by atoms with E-state index in [0.29, 0.717) is 0 Å². The second kappa shape index (κ2) is 6.08. The average Bonchev–Trinajstić information content (AvgIpc) is 2.99. The molecule has 5 rings (SSSR count). The minimum atomic E-state index is 0.0744. The molecular weight excluding hydrogens is 358 g/mol. The predicted molar refractivity (Wildman–Crippen MR) is 117 cm³/mol. The van der Waals surface area contributed by atoms with Crippen molar-refractivity contribution in [3.8, 4) is 22.8 Å². The molecule has 0 saturated heterocycles. The molecular formula is C26H23NO2. The molecule has 144 valence electrons. The Balaban J connectivity index is 1.71. The first kappa shape index (κ1) is 17.7. The molecule has 1 aliphatic carbocycles. The molecule has 1 heterocycles. The van der Waals surface area contributed by atoms with Gasteiger partial charge in [-0.05, 0) is 34.7 Å². The minimum Gasteiger partial charge on any atom is -0.440 e. The molecule has 29 heavy (non-hydrogen) atoms. The fraction of sp³-hybridized carbons (Fsp3) is 0.192. The van der Waals surface area contributed by atoms with E-state index in [2.05, 4.69) is 32.9 Å². The Morgan fingerprint density at radius 3 is 2.14 bits per heavy atom. The molecule has 3 nitrogen and oxygen atoms in total. The van der Waals surface area contributed by atoms with E-state index >= 15 is 0 Å². The Labute approximate surface area is 170 Å². The molecule has 1 aromatic heterocycles. The van der Waals surface area contributed by atoms with Crippen LogP contribution in [-0.4, -0.2) is 10.4 Å². The van der Waals surface area contributed by atoms with Gasteiger partial charge in [0.1, 0.15) is 5.75 Å². The van der Waals surface area contributed by atoms with E-state index in [9.17, 15) is 4.79 Å². The van der Waals surface area contributed by atoms with Gasteiger partial charge in [-0.2, -0.15) is 0 Å². The summed E-state index contributed by atoms with van der Waals surface area (Å²) in [4.78, 5) is 13.1. The molecule has 4 aromatic rings. The van der Waals surface area contributed by atoms with Gasteiger partial charge in [0, 0.05) is 23.6 Å². The monoisotopic (exact) mass is 381 g/mol. The zero-order valence-electron chi connectivity index (χ0n) is 17.1. The average molecular weight is 381 g/mol. The second-order valence-electron chi connectivity index (χ2n) is 8.69. The van der Waals surface area contributed by atoms with Crippen LogP contribution in [0.15, 0.2) is 66.7 Å². The van der Waals surface area contributed by atoms with Gasteiger partial charge in [0.25, 0.3) is 0 Å². The number of ether oxygens (including phenoxy) is 1. The molecule has 0 amide bonds. The van der Waals surface area contributed by atoms with Crippen LogP contribution in [-0.2, 0) is 12.5 Å². The molecule has 0 radical (unpaired) electrons. The molecule has 3 heteroatoms. The van der Waals surface area contributed by atoms with Gasteiger partial charge in [0.2, 0.25) is 5.88 Å². The van der Waals surface area contributed by atoms with E-state index in [1.807, 2.05) is 66.2 Å². The van der Waals surface area contributed by atoms with Crippen LogP contribution in [0, 0.1) is 0 Å². The second-order valence-corrected chi connectivity index (χ2v) is 8.69. The molecule has 3 aromatic carbocycles. The largest absolute Gasteiger partial charge is 0.440 e. The van der Waals surface area contributed by atoms with Gasteiger partial charge >= 0.3 is 0 Å². The Hall–Kier alpha value is -3.33. The third-order valence-electron chi connectivity index (χ3n) is 5.79. The molecule has 0 N–H and O–H groups in total. The van der Waals surface area contributed by atoms with Crippen LogP contribution >= 0.6 is 0 Å². The van der Waals surface area contributed by atoms with E-state index in [4.69, 9.17) is 4.74 Å². The number of aromatic nitrogens is 1. The normalized spacial score (nSPS) is 12.9. The first-order chi connectivity index (χ1) is 13.9. The Morgan fingerprint density at radius 2 is 1.45 bits per heavy atom. The third kappa shape index (κ3) is 2.61. The number of hydrogen-bond donors (Lipinski definition) is 0. The van der Waals surface area contributed by atoms with E-state index in [1.54, 1.807) is 0 Å². The van der Waals surface area contributed by atoms with Gasteiger partial charge in [-0.3, -0.25) is 4.79 Å². The molecule has 0 saturated carbocycles. The number of carbonyl (C=O) groups excluding carboxylic acids is 1. The first-order valence-corrected chi connectivity index (χ1v) is 9.90. The number of ketones is 1. The number of rotatable bonds is 2. The summed E-state index contributed by atoms with van der Waals surface area (Å²) in [5.41, 5.74) is 5.76. The lowest BCUT2D eigenvalue weighted by atomic mass is 9.86. The van der Waals surface area contributed by atoms with Crippen LogP contribution < -0.4 is 4.74 Å². The topological polar surface area (TPSA) is 31.2 Å². The summed E-state index contributed by atoms with van der Waals surface area (Å²) in [6.45, 7) is 6.60. The fourth-order valence-electron chi connectivity index (χ4n) is 4.20. The highest BCUT2D eigenvalue weighted by molar-refractivity contribution is 6.26. The van der Waals surface area contributed by atoms with Gasteiger partial charge in [-0.25, -0.2) is 0 Å². The quantitative estimate of drug-likeness (QED) is 0.350. The molecule has 0 bridgehead atoms. The van der Waals surface area contributed by atoms with E-state index in [1.165, 1.54) is 5.56 Å². The summed E-state index contributed by atoms with van der Waals surface area (Å²) in [5.74, 6) is 1.62. The third-order valence-corrected chi connectivity index (χ3v) is 5.79. The van der Waals surface area contributed by atoms with Crippen molar-refractivity contribution < 1.29 is 9.53 Å². The van der Waals surface area contributed by atoms with E-state index in [-0.39, 0.29) is 11.2 Å². The maximum atomic E-state index is 13.1. The molecule has 1 aliphatic rings. The van der Waals surface area contributed by atoms with Crippen LogP contribution in [0.5, 0.6) is 11.6 Å². The number of carbonyl (C=O) groups is 1. The van der Waals surface area contributed by atoms with Crippen molar-refractivity contribution in [2.45, 2.75) is 26.2 Å². The standard InChI is InChI=1S/C26H23NO2/c1-26(2,3)16-12-14-17(15-13-16)29-25-23-18-8-5-6-9-19(18)24(28)20-10-7-11-21(22(20)23)27(25)4/h5-15H,1-4H3. The van der Waals surface area contributed by atoms with Crippen LogP contribution in [0.4, 0.5) is 0 Å². The Bertz CT molecular complexity index is 1270. The van der Waals surface area contributed by atoms with Crippen LogP contribution in [0.25, 0.3) is 22.0 Å².